The maximum atomic E-state index is 10.9. The molecule has 0 N–H and O–H groups in total. The number of hydrogen-bond donors (Lipinski definition) is 0. The third-order valence-electron chi connectivity index (χ3n) is 1.39. The normalized spacial score (nSPS) is 9.14. The minimum absolute atomic E-state index is 0.540. The molecule has 0 atom stereocenters. The van der Waals surface area contributed by atoms with Gasteiger partial charge in [-0.1, -0.05) is 40.5 Å². The fourth-order valence-corrected chi connectivity index (χ4v) is 1.23. The highest BCUT2D eigenvalue weighted by atomic mass is 31.1. The monoisotopic (exact) mass is 223 g/mol. The second-order valence-corrected chi connectivity index (χ2v) is 3.56. The van der Waals surface area contributed by atoms with Gasteiger partial charge in [-0.3, -0.25) is 0 Å². The van der Waals surface area contributed by atoms with Crippen molar-refractivity contribution in [2.24, 2.45) is 0 Å². The molecule has 0 aliphatic rings. The van der Waals surface area contributed by atoms with Gasteiger partial charge in [-0.2, -0.15) is 0 Å². The van der Waals surface area contributed by atoms with E-state index in [0.29, 0.717) is 13.2 Å². The molecule has 0 saturated heterocycles. The van der Waals surface area contributed by atoms with Crippen LogP contribution in [0.1, 0.15) is 53.4 Å². The molecule has 0 bridgehead atoms. The minimum atomic E-state index is -1.85. The van der Waals surface area contributed by atoms with Gasteiger partial charge >= 0.3 is 8.25 Å². The molecule has 0 spiro atoms. The third-order valence-corrected chi connectivity index (χ3v) is 2.18. The van der Waals surface area contributed by atoms with Gasteiger partial charge in [0.1, 0.15) is 13.2 Å². The Hall–Kier alpha value is 0.0200. The van der Waals surface area contributed by atoms with Gasteiger partial charge in [-0.25, -0.2) is 0 Å². The zero-order chi connectivity index (χ0) is 11.2. The molecule has 0 rings (SSSR count). The van der Waals surface area contributed by atoms with E-state index in [2.05, 4.69) is 13.8 Å². The first-order valence-electron chi connectivity index (χ1n) is 5.54. The van der Waals surface area contributed by atoms with Crippen molar-refractivity contribution in [2.45, 2.75) is 53.4 Å². The predicted octanol–water partition coefficient (Wildman–Crippen LogP) is 4.30. The number of rotatable bonds is 8. The summed E-state index contributed by atoms with van der Waals surface area (Å²) in [4.78, 5) is 0. The minimum Gasteiger partial charge on any atom is -0.119 e. The molecule has 0 aliphatic carbocycles. The Balaban J connectivity index is 0. The molecule has 0 aromatic heterocycles. The number of hydrogen-bond acceptors (Lipinski definition) is 3. The van der Waals surface area contributed by atoms with E-state index in [1.807, 2.05) is 13.8 Å². The Bertz CT molecular complexity index is 106. The molecule has 3 nitrogen and oxygen atoms in total. The summed E-state index contributed by atoms with van der Waals surface area (Å²) >= 11 is 0. The molecule has 0 aromatic carbocycles. The van der Waals surface area contributed by atoms with E-state index in [1.165, 1.54) is 0 Å². The summed E-state index contributed by atoms with van der Waals surface area (Å²) in [6.07, 6.45) is 3.99. The van der Waals surface area contributed by atoms with Crippen molar-refractivity contribution in [1.82, 2.24) is 0 Å². The zero-order valence-corrected chi connectivity index (χ0v) is 10.8. The van der Waals surface area contributed by atoms with Crippen molar-refractivity contribution in [2.75, 3.05) is 13.2 Å². The van der Waals surface area contributed by atoms with E-state index >= 15 is 0 Å². The van der Waals surface area contributed by atoms with Crippen LogP contribution in [0.5, 0.6) is 0 Å². The van der Waals surface area contributed by atoms with Gasteiger partial charge < -0.3 is 0 Å². The molecule has 0 unspecified atom stereocenters. The van der Waals surface area contributed by atoms with Crippen molar-refractivity contribution in [3.05, 3.63) is 0 Å². The second kappa shape index (κ2) is 15.5. The molecular formula is C10H24O3P+. The van der Waals surface area contributed by atoms with Crippen LogP contribution in [-0.4, -0.2) is 13.2 Å². The Morgan fingerprint density at radius 2 is 1.29 bits per heavy atom. The average Bonchev–Trinajstić information content (AvgIpc) is 2.22. The first kappa shape index (κ1) is 16.4. The Labute approximate surface area is 89.1 Å². The van der Waals surface area contributed by atoms with Crippen LogP contribution in [0.4, 0.5) is 0 Å². The van der Waals surface area contributed by atoms with Crippen LogP contribution in [0, 0.1) is 0 Å². The van der Waals surface area contributed by atoms with E-state index < -0.39 is 8.25 Å². The van der Waals surface area contributed by atoms with E-state index in [4.69, 9.17) is 9.05 Å². The maximum absolute atomic E-state index is 10.9. The molecule has 0 fully saturated rings. The van der Waals surface area contributed by atoms with Gasteiger partial charge in [0, 0.05) is 4.57 Å². The van der Waals surface area contributed by atoms with Crippen LogP contribution in [-0.2, 0) is 13.6 Å². The summed E-state index contributed by atoms with van der Waals surface area (Å²) in [6, 6.07) is 0. The summed E-state index contributed by atoms with van der Waals surface area (Å²) in [6.45, 7) is 9.21. The van der Waals surface area contributed by atoms with Crippen molar-refractivity contribution in [3.63, 3.8) is 0 Å². The first-order chi connectivity index (χ1) is 6.81. The summed E-state index contributed by atoms with van der Waals surface area (Å²) < 4.78 is 20.7. The van der Waals surface area contributed by atoms with Gasteiger partial charge in [-0.15, -0.1) is 9.05 Å². The van der Waals surface area contributed by atoms with E-state index in [0.717, 1.165) is 25.7 Å². The molecule has 14 heavy (non-hydrogen) atoms. The molecule has 0 aliphatic heterocycles. The SMILES string of the molecule is CC.CCCCO[P+](=O)OCCCC. The molecule has 0 saturated carbocycles. The summed E-state index contributed by atoms with van der Waals surface area (Å²) in [5, 5.41) is 0. The molecule has 4 heteroatoms. The Morgan fingerprint density at radius 1 is 0.929 bits per heavy atom. The fourth-order valence-electron chi connectivity index (χ4n) is 0.604. The lowest BCUT2D eigenvalue weighted by molar-refractivity contribution is 0.221. The average molecular weight is 223 g/mol. The highest BCUT2D eigenvalue weighted by Gasteiger charge is 2.18. The quantitative estimate of drug-likeness (QED) is 0.454. The largest absolute Gasteiger partial charge is 0.697 e. The van der Waals surface area contributed by atoms with E-state index in [-0.39, 0.29) is 0 Å². The fraction of sp³-hybridized carbons (Fsp3) is 1.00. The maximum Gasteiger partial charge on any atom is 0.697 e. The van der Waals surface area contributed by atoms with Crippen LogP contribution in [0.15, 0.2) is 0 Å². The standard InChI is InChI=1S/C8H18O3P.C2H6/c1-3-5-7-10-12(9)11-8-6-4-2;1-2/h3-8H2,1-2H3;1-2H3/q+1;. The topological polar surface area (TPSA) is 35.5 Å². The smallest absolute Gasteiger partial charge is 0.119 e. The van der Waals surface area contributed by atoms with Gasteiger partial charge in [-0.05, 0) is 12.8 Å². The van der Waals surface area contributed by atoms with Crippen LogP contribution < -0.4 is 0 Å². The van der Waals surface area contributed by atoms with Crippen molar-refractivity contribution in [1.29, 1.82) is 0 Å². The van der Waals surface area contributed by atoms with Gasteiger partial charge in [0.05, 0.1) is 0 Å². The highest BCUT2D eigenvalue weighted by Crippen LogP contribution is 2.24. The summed E-state index contributed by atoms with van der Waals surface area (Å²) in [5.74, 6) is 0. The lowest BCUT2D eigenvalue weighted by atomic mass is 10.4. The van der Waals surface area contributed by atoms with Crippen molar-refractivity contribution in [3.8, 4) is 0 Å². The zero-order valence-electron chi connectivity index (χ0n) is 9.91. The van der Waals surface area contributed by atoms with Crippen LogP contribution in [0.25, 0.3) is 0 Å². The Kier molecular flexibility index (Phi) is 18.2. The first-order valence-corrected chi connectivity index (χ1v) is 6.63. The lowest BCUT2D eigenvalue weighted by Gasteiger charge is -1.89. The molecule has 0 radical (unpaired) electrons. The molecule has 0 aromatic rings. The van der Waals surface area contributed by atoms with E-state index in [1.54, 1.807) is 0 Å². The predicted molar refractivity (Wildman–Crippen MR) is 60.7 cm³/mol. The lowest BCUT2D eigenvalue weighted by Crippen LogP contribution is -1.90. The summed E-state index contributed by atoms with van der Waals surface area (Å²) in [5.41, 5.74) is 0. The van der Waals surface area contributed by atoms with Crippen molar-refractivity contribution < 1.29 is 13.6 Å². The van der Waals surface area contributed by atoms with Crippen LogP contribution >= 0.6 is 8.25 Å². The van der Waals surface area contributed by atoms with Crippen LogP contribution in [0.2, 0.25) is 0 Å². The van der Waals surface area contributed by atoms with Crippen molar-refractivity contribution >= 4 is 8.25 Å². The molecule has 86 valence electrons. The highest BCUT2D eigenvalue weighted by molar-refractivity contribution is 7.33. The van der Waals surface area contributed by atoms with Crippen LogP contribution in [0.3, 0.4) is 0 Å². The summed E-state index contributed by atoms with van der Waals surface area (Å²) in [7, 11) is -1.85. The Morgan fingerprint density at radius 3 is 1.57 bits per heavy atom. The third kappa shape index (κ3) is 14.5. The second-order valence-electron chi connectivity index (χ2n) is 2.60. The van der Waals surface area contributed by atoms with Gasteiger partial charge in [0.15, 0.2) is 0 Å². The van der Waals surface area contributed by atoms with E-state index in [9.17, 15) is 4.57 Å². The molecule has 0 heterocycles. The number of unbranched alkanes of at least 4 members (excludes halogenated alkanes) is 2. The molecular weight excluding hydrogens is 199 g/mol. The van der Waals surface area contributed by atoms with Gasteiger partial charge in [0.25, 0.3) is 0 Å². The molecule has 0 amide bonds. The van der Waals surface area contributed by atoms with Gasteiger partial charge in [0.2, 0.25) is 0 Å².